The highest BCUT2D eigenvalue weighted by Gasteiger charge is 2.20. The predicted octanol–water partition coefficient (Wildman–Crippen LogP) is 2.92. The molecular formula is C13H20N2S. The largest absolute Gasteiger partial charge is 0.326 e. The molecule has 1 aromatic rings. The zero-order valence-corrected chi connectivity index (χ0v) is 11.2. The zero-order valence-electron chi connectivity index (χ0n) is 10.3. The van der Waals surface area contributed by atoms with Gasteiger partial charge in [-0.2, -0.15) is 0 Å². The Kier molecular flexibility index (Phi) is 3.27. The minimum Gasteiger partial charge on any atom is -0.326 e. The van der Waals surface area contributed by atoms with E-state index in [1.54, 1.807) is 0 Å². The summed E-state index contributed by atoms with van der Waals surface area (Å²) in [7, 11) is 0. The van der Waals surface area contributed by atoms with Crippen molar-refractivity contribution in [3.8, 4) is 0 Å². The summed E-state index contributed by atoms with van der Waals surface area (Å²) in [6.07, 6.45) is 3.56. The third kappa shape index (κ3) is 2.58. The first-order valence-corrected chi connectivity index (χ1v) is 6.72. The number of fused-ring (bicyclic) bond motifs is 1. The summed E-state index contributed by atoms with van der Waals surface area (Å²) >= 11 is 1.83. The highest BCUT2D eigenvalue weighted by molar-refractivity contribution is 8.00. The van der Waals surface area contributed by atoms with Crippen LogP contribution in [-0.4, -0.2) is 9.73 Å². The molecule has 0 aromatic carbocycles. The number of thioether (sulfide) groups is 1. The fourth-order valence-electron chi connectivity index (χ4n) is 2.03. The van der Waals surface area contributed by atoms with Crippen LogP contribution in [0.1, 0.15) is 44.0 Å². The number of hydrogen-bond donors (Lipinski definition) is 1. The number of aromatic nitrogens is 1. The molecule has 0 atom stereocenters. The van der Waals surface area contributed by atoms with Gasteiger partial charge in [0.15, 0.2) is 0 Å². The van der Waals surface area contributed by atoms with Gasteiger partial charge in [0.1, 0.15) is 5.03 Å². The second kappa shape index (κ2) is 4.38. The molecule has 1 aliphatic rings. The van der Waals surface area contributed by atoms with Crippen LogP contribution in [0.4, 0.5) is 0 Å². The molecule has 2 N–H and O–H groups in total. The van der Waals surface area contributed by atoms with Crippen molar-refractivity contribution in [2.24, 2.45) is 5.73 Å². The summed E-state index contributed by atoms with van der Waals surface area (Å²) in [6.45, 7) is 7.24. The maximum absolute atomic E-state index is 5.81. The Morgan fingerprint density at radius 3 is 2.75 bits per heavy atom. The maximum atomic E-state index is 5.81. The number of aryl methyl sites for hydroxylation is 2. The molecule has 1 aromatic heterocycles. The van der Waals surface area contributed by atoms with E-state index in [2.05, 4.69) is 26.8 Å². The minimum absolute atomic E-state index is 0.198. The Morgan fingerprint density at radius 2 is 2.12 bits per heavy atom. The lowest BCUT2D eigenvalue weighted by atomic mass is 10.1. The first-order valence-electron chi connectivity index (χ1n) is 5.90. The number of nitrogens with two attached hydrogens (primary N) is 1. The molecule has 16 heavy (non-hydrogen) atoms. The van der Waals surface area contributed by atoms with Gasteiger partial charge in [0, 0.05) is 17.0 Å². The van der Waals surface area contributed by atoms with Gasteiger partial charge in [0.05, 0.1) is 0 Å². The van der Waals surface area contributed by atoms with Crippen LogP contribution in [0.3, 0.4) is 0 Å². The SMILES string of the molecule is CC(C)(C)Sc1nc2c(cc1CN)CCC2. The van der Waals surface area contributed by atoms with Gasteiger partial charge in [-0.05, 0) is 30.4 Å². The Hall–Kier alpha value is -0.540. The van der Waals surface area contributed by atoms with Crippen LogP contribution in [0.5, 0.6) is 0 Å². The molecule has 88 valence electrons. The van der Waals surface area contributed by atoms with Crippen molar-refractivity contribution in [3.05, 3.63) is 22.9 Å². The van der Waals surface area contributed by atoms with Crippen molar-refractivity contribution in [3.63, 3.8) is 0 Å². The summed E-state index contributed by atoms with van der Waals surface area (Å²) < 4.78 is 0.198. The summed E-state index contributed by atoms with van der Waals surface area (Å²) in [6, 6.07) is 2.27. The Bertz CT molecular complexity index is 394. The molecule has 0 saturated heterocycles. The van der Waals surface area contributed by atoms with Crippen LogP contribution in [0, 0.1) is 0 Å². The van der Waals surface area contributed by atoms with Gasteiger partial charge in [0.2, 0.25) is 0 Å². The summed E-state index contributed by atoms with van der Waals surface area (Å²) in [4.78, 5) is 4.79. The zero-order chi connectivity index (χ0) is 11.8. The molecule has 0 unspecified atom stereocenters. The summed E-state index contributed by atoms with van der Waals surface area (Å²) in [5, 5.41) is 1.13. The molecule has 0 radical (unpaired) electrons. The topological polar surface area (TPSA) is 38.9 Å². The fourth-order valence-corrected chi connectivity index (χ4v) is 3.03. The maximum Gasteiger partial charge on any atom is 0.101 e. The minimum atomic E-state index is 0.198. The standard InChI is InChI=1S/C13H20N2S/c1-13(2,3)16-12-10(8-14)7-9-5-4-6-11(9)15-12/h7H,4-6,8,14H2,1-3H3. The van der Waals surface area contributed by atoms with Crippen LogP contribution >= 0.6 is 11.8 Å². The van der Waals surface area contributed by atoms with E-state index in [0.29, 0.717) is 6.54 Å². The molecule has 1 heterocycles. The van der Waals surface area contributed by atoms with E-state index in [-0.39, 0.29) is 4.75 Å². The third-order valence-electron chi connectivity index (χ3n) is 2.71. The molecule has 1 aliphatic carbocycles. The lowest BCUT2D eigenvalue weighted by Crippen LogP contribution is -2.11. The molecular weight excluding hydrogens is 216 g/mol. The van der Waals surface area contributed by atoms with E-state index in [9.17, 15) is 0 Å². The number of rotatable bonds is 2. The van der Waals surface area contributed by atoms with E-state index in [1.807, 2.05) is 11.8 Å². The average molecular weight is 236 g/mol. The molecule has 0 amide bonds. The monoisotopic (exact) mass is 236 g/mol. The van der Waals surface area contributed by atoms with Gasteiger partial charge < -0.3 is 5.73 Å². The van der Waals surface area contributed by atoms with Crippen LogP contribution in [-0.2, 0) is 19.4 Å². The lowest BCUT2D eigenvalue weighted by Gasteiger charge is -2.19. The summed E-state index contributed by atoms with van der Waals surface area (Å²) in [5.41, 5.74) is 9.73. The molecule has 0 fully saturated rings. The van der Waals surface area contributed by atoms with Crippen molar-refractivity contribution < 1.29 is 0 Å². The van der Waals surface area contributed by atoms with Crippen LogP contribution < -0.4 is 5.73 Å². The normalized spacial score (nSPS) is 15.2. The molecule has 0 aliphatic heterocycles. The van der Waals surface area contributed by atoms with Crippen molar-refractivity contribution in [1.29, 1.82) is 0 Å². The molecule has 0 spiro atoms. The molecule has 2 nitrogen and oxygen atoms in total. The van der Waals surface area contributed by atoms with Gasteiger partial charge in [-0.15, -0.1) is 11.8 Å². The van der Waals surface area contributed by atoms with Crippen LogP contribution in [0.2, 0.25) is 0 Å². The molecule has 2 rings (SSSR count). The lowest BCUT2D eigenvalue weighted by molar-refractivity contribution is 0.793. The van der Waals surface area contributed by atoms with E-state index >= 15 is 0 Å². The van der Waals surface area contributed by atoms with Gasteiger partial charge in [-0.25, -0.2) is 4.98 Å². The number of hydrogen-bond acceptors (Lipinski definition) is 3. The van der Waals surface area contributed by atoms with Crippen molar-refractivity contribution in [2.45, 2.75) is 56.4 Å². The number of nitrogens with zero attached hydrogens (tertiary/aromatic N) is 1. The highest BCUT2D eigenvalue weighted by atomic mass is 32.2. The van der Waals surface area contributed by atoms with Gasteiger partial charge in [0.25, 0.3) is 0 Å². The second-order valence-electron chi connectivity index (χ2n) is 5.33. The smallest absolute Gasteiger partial charge is 0.101 e. The van der Waals surface area contributed by atoms with Crippen LogP contribution in [0.25, 0.3) is 0 Å². The van der Waals surface area contributed by atoms with E-state index < -0.39 is 0 Å². The van der Waals surface area contributed by atoms with E-state index in [4.69, 9.17) is 10.7 Å². The van der Waals surface area contributed by atoms with E-state index in [1.165, 1.54) is 29.7 Å². The Labute approximate surface area is 102 Å². The van der Waals surface area contributed by atoms with Gasteiger partial charge in [-0.1, -0.05) is 26.8 Å². The number of pyridine rings is 1. The predicted molar refractivity (Wildman–Crippen MR) is 69.8 cm³/mol. The molecule has 0 saturated carbocycles. The van der Waals surface area contributed by atoms with Gasteiger partial charge >= 0.3 is 0 Å². The van der Waals surface area contributed by atoms with E-state index in [0.717, 1.165) is 11.4 Å². The van der Waals surface area contributed by atoms with Crippen molar-refractivity contribution in [2.75, 3.05) is 0 Å². The highest BCUT2D eigenvalue weighted by Crippen LogP contribution is 2.35. The first-order chi connectivity index (χ1) is 7.49. The average Bonchev–Trinajstić information content (AvgIpc) is 2.60. The molecule has 3 heteroatoms. The Balaban J connectivity index is 2.36. The summed E-state index contributed by atoms with van der Waals surface area (Å²) in [5.74, 6) is 0. The molecule has 0 bridgehead atoms. The fraction of sp³-hybridized carbons (Fsp3) is 0.615. The quantitative estimate of drug-likeness (QED) is 0.802. The van der Waals surface area contributed by atoms with Crippen molar-refractivity contribution in [1.82, 2.24) is 4.98 Å². The van der Waals surface area contributed by atoms with Crippen molar-refractivity contribution >= 4 is 11.8 Å². The Morgan fingerprint density at radius 1 is 1.38 bits per heavy atom. The van der Waals surface area contributed by atoms with Gasteiger partial charge in [-0.3, -0.25) is 0 Å². The third-order valence-corrected chi connectivity index (χ3v) is 3.87. The first kappa shape index (κ1) is 11.9. The van der Waals surface area contributed by atoms with Crippen LogP contribution in [0.15, 0.2) is 11.1 Å². The second-order valence-corrected chi connectivity index (χ2v) is 7.15.